The molecule has 1 N–H and O–H groups in total. The van der Waals surface area contributed by atoms with Crippen molar-refractivity contribution >= 4 is 0 Å². The Morgan fingerprint density at radius 1 is 0.667 bits per heavy atom. The summed E-state index contributed by atoms with van der Waals surface area (Å²) in [5, 5.41) is 3.92. The van der Waals surface area contributed by atoms with Gasteiger partial charge in [0.2, 0.25) is 0 Å². The third-order valence-electron chi connectivity index (χ3n) is 5.96. The van der Waals surface area contributed by atoms with E-state index in [2.05, 4.69) is 5.32 Å². The summed E-state index contributed by atoms with van der Waals surface area (Å²) in [6.45, 7) is 1.32. The molecule has 0 spiro atoms. The number of rotatable bonds is 3. The molecule has 3 rings (SSSR count). The summed E-state index contributed by atoms with van der Waals surface area (Å²) in [4.78, 5) is 0. The summed E-state index contributed by atoms with van der Waals surface area (Å²) < 4.78 is 0. The number of nitrogens with one attached hydrogen (secondary N) is 1. The van der Waals surface area contributed by atoms with Crippen LogP contribution in [-0.4, -0.2) is 12.6 Å². The Balaban J connectivity index is 1.40. The maximum absolute atomic E-state index is 3.92. The van der Waals surface area contributed by atoms with Crippen LogP contribution >= 0.6 is 0 Å². The van der Waals surface area contributed by atoms with E-state index in [1.165, 1.54) is 77.2 Å². The molecule has 3 fully saturated rings. The van der Waals surface area contributed by atoms with Crippen LogP contribution < -0.4 is 5.32 Å². The lowest BCUT2D eigenvalue weighted by Crippen LogP contribution is -2.40. The molecule has 3 aliphatic carbocycles. The molecule has 0 bridgehead atoms. The topological polar surface area (TPSA) is 12.0 Å². The second kappa shape index (κ2) is 6.41. The van der Waals surface area contributed by atoms with Gasteiger partial charge in [-0.15, -0.1) is 0 Å². The first-order valence-electron chi connectivity index (χ1n) is 8.65. The summed E-state index contributed by atoms with van der Waals surface area (Å²) in [6.07, 6.45) is 18.0. The van der Waals surface area contributed by atoms with Crippen molar-refractivity contribution in [2.24, 2.45) is 17.8 Å². The van der Waals surface area contributed by atoms with Crippen molar-refractivity contribution in [2.75, 3.05) is 6.54 Å². The molecule has 1 heteroatoms. The van der Waals surface area contributed by atoms with Gasteiger partial charge in [-0.2, -0.15) is 0 Å². The molecule has 3 aliphatic rings. The average Bonchev–Trinajstić information content (AvgIpc) is 2.46. The molecule has 0 saturated heterocycles. The highest BCUT2D eigenvalue weighted by atomic mass is 14.9. The molecule has 0 aromatic carbocycles. The normalized spacial score (nSPS) is 38.3. The van der Waals surface area contributed by atoms with E-state index in [1.807, 2.05) is 0 Å². The quantitative estimate of drug-likeness (QED) is 0.775. The Morgan fingerprint density at radius 3 is 2.22 bits per heavy atom. The van der Waals surface area contributed by atoms with Crippen molar-refractivity contribution in [1.29, 1.82) is 0 Å². The molecular weight excluding hydrogens is 218 g/mol. The Labute approximate surface area is 113 Å². The van der Waals surface area contributed by atoms with E-state index in [4.69, 9.17) is 0 Å². The van der Waals surface area contributed by atoms with Crippen LogP contribution in [0.2, 0.25) is 0 Å². The molecule has 18 heavy (non-hydrogen) atoms. The maximum Gasteiger partial charge on any atom is 0.00700 e. The predicted molar refractivity (Wildman–Crippen MR) is 77.7 cm³/mol. The van der Waals surface area contributed by atoms with Crippen LogP contribution in [0.5, 0.6) is 0 Å². The lowest BCUT2D eigenvalue weighted by atomic mass is 9.69. The molecule has 104 valence electrons. The first-order valence-corrected chi connectivity index (χ1v) is 8.65. The van der Waals surface area contributed by atoms with Gasteiger partial charge in [-0.25, -0.2) is 0 Å². The van der Waals surface area contributed by atoms with Gasteiger partial charge in [0.05, 0.1) is 0 Å². The molecule has 0 heterocycles. The summed E-state index contributed by atoms with van der Waals surface area (Å²) in [5.41, 5.74) is 0. The molecule has 1 nitrogen and oxygen atoms in total. The van der Waals surface area contributed by atoms with Crippen molar-refractivity contribution in [3.63, 3.8) is 0 Å². The van der Waals surface area contributed by atoms with E-state index < -0.39 is 0 Å². The van der Waals surface area contributed by atoms with Crippen molar-refractivity contribution in [1.82, 2.24) is 5.32 Å². The summed E-state index contributed by atoms with van der Waals surface area (Å²) in [5.74, 6) is 3.19. The fourth-order valence-corrected chi connectivity index (χ4v) is 4.78. The molecule has 0 radical (unpaired) electrons. The van der Waals surface area contributed by atoms with Crippen molar-refractivity contribution in [3.8, 4) is 0 Å². The van der Waals surface area contributed by atoms with Gasteiger partial charge in [0, 0.05) is 6.04 Å². The lowest BCUT2D eigenvalue weighted by molar-refractivity contribution is 0.140. The van der Waals surface area contributed by atoms with Crippen LogP contribution in [0.1, 0.15) is 77.0 Å². The standard InChI is InChI=1S/C17H31N/c1-2-6-14(7-3-1)13-18-17-11-10-15-8-4-5-9-16(15)12-17/h14-18H,1-13H2. The molecule has 3 unspecified atom stereocenters. The summed E-state index contributed by atoms with van der Waals surface area (Å²) in [6, 6.07) is 0.867. The Morgan fingerprint density at radius 2 is 1.39 bits per heavy atom. The van der Waals surface area contributed by atoms with Crippen LogP contribution in [0, 0.1) is 17.8 Å². The van der Waals surface area contributed by atoms with Gasteiger partial charge in [0.1, 0.15) is 0 Å². The van der Waals surface area contributed by atoms with Crippen LogP contribution in [0.4, 0.5) is 0 Å². The van der Waals surface area contributed by atoms with Crippen molar-refractivity contribution in [2.45, 2.75) is 83.1 Å². The lowest BCUT2D eigenvalue weighted by Gasteiger charge is -2.40. The van der Waals surface area contributed by atoms with Gasteiger partial charge in [0.15, 0.2) is 0 Å². The molecule has 3 atom stereocenters. The number of fused-ring (bicyclic) bond motifs is 1. The summed E-state index contributed by atoms with van der Waals surface area (Å²) >= 11 is 0. The molecule has 0 aliphatic heterocycles. The highest BCUT2D eigenvalue weighted by Gasteiger charge is 2.32. The Kier molecular flexibility index (Phi) is 4.62. The van der Waals surface area contributed by atoms with Gasteiger partial charge in [-0.3, -0.25) is 0 Å². The third-order valence-corrected chi connectivity index (χ3v) is 5.96. The largest absolute Gasteiger partial charge is 0.314 e. The second-order valence-corrected chi connectivity index (χ2v) is 7.23. The van der Waals surface area contributed by atoms with E-state index in [9.17, 15) is 0 Å². The maximum atomic E-state index is 3.92. The molecule has 0 amide bonds. The first kappa shape index (κ1) is 13.0. The van der Waals surface area contributed by atoms with Crippen molar-refractivity contribution < 1.29 is 0 Å². The van der Waals surface area contributed by atoms with Crippen LogP contribution in [-0.2, 0) is 0 Å². The molecule has 3 saturated carbocycles. The Hall–Kier alpha value is -0.0400. The smallest absolute Gasteiger partial charge is 0.00700 e. The zero-order valence-electron chi connectivity index (χ0n) is 12.0. The van der Waals surface area contributed by atoms with Crippen LogP contribution in [0.3, 0.4) is 0 Å². The predicted octanol–water partition coefficient (Wildman–Crippen LogP) is 4.52. The van der Waals surface area contributed by atoms with E-state index in [0.717, 1.165) is 23.8 Å². The monoisotopic (exact) mass is 249 g/mol. The minimum Gasteiger partial charge on any atom is -0.314 e. The minimum atomic E-state index is 0.867. The van der Waals surface area contributed by atoms with Gasteiger partial charge in [-0.05, 0) is 56.4 Å². The number of hydrogen-bond acceptors (Lipinski definition) is 1. The second-order valence-electron chi connectivity index (χ2n) is 7.23. The highest BCUT2D eigenvalue weighted by Crippen LogP contribution is 2.40. The van der Waals surface area contributed by atoms with Gasteiger partial charge in [0.25, 0.3) is 0 Å². The van der Waals surface area contributed by atoms with E-state index in [0.29, 0.717) is 0 Å². The van der Waals surface area contributed by atoms with Gasteiger partial charge in [-0.1, -0.05) is 44.9 Å². The molecule has 0 aromatic heterocycles. The minimum absolute atomic E-state index is 0.867. The van der Waals surface area contributed by atoms with Gasteiger partial charge < -0.3 is 5.32 Å². The first-order chi connectivity index (χ1) is 8.92. The van der Waals surface area contributed by atoms with Crippen LogP contribution in [0.25, 0.3) is 0 Å². The van der Waals surface area contributed by atoms with Crippen molar-refractivity contribution in [3.05, 3.63) is 0 Å². The van der Waals surface area contributed by atoms with Crippen LogP contribution in [0.15, 0.2) is 0 Å². The van der Waals surface area contributed by atoms with E-state index in [-0.39, 0.29) is 0 Å². The average molecular weight is 249 g/mol. The van der Waals surface area contributed by atoms with E-state index >= 15 is 0 Å². The molecular formula is C17H31N. The zero-order chi connectivity index (χ0) is 12.2. The summed E-state index contributed by atoms with van der Waals surface area (Å²) in [7, 11) is 0. The Bertz CT molecular complexity index is 244. The fourth-order valence-electron chi connectivity index (χ4n) is 4.78. The number of hydrogen-bond donors (Lipinski definition) is 1. The molecule has 0 aromatic rings. The van der Waals surface area contributed by atoms with E-state index in [1.54, 1.807) is 6.42 Å². The fraction of sp³-hybridized carbons (Fsp3) is 1.00. The zero-order valence-corrected chi connectivity index (χ0v) is 12.0. The SMILES string of the molecule is C1CCC(CNC2CCC3CCCCC3C2)CC1. The van der Waals surface area contributed by atoms with Gasteiger partial charge >= 0.3 is 0 Å². The third kappa shape index (κ3) is 3.29. The highest BCUT2D eigenvalue weighted by molar-refractivity contribution is 4.86.